The van der Waals surface area contributed by atoms with Crippen LogP contribution in [0.25, 0.3) is 0 Å². The standard InChI is InChI=1S/C17H27NO2S/c1-14(2)16-5-4-10-18(13-16)11-12-21(19,20)17-8-6-15(3)7-9-17/h6-9,14,16H,4-5,10-13H2,1-3H3. The molecule has 0 saturated carbocycles. The quantitative estimate of drug-likeness (QED) is 0.838. The van der Waals surface area contributed by atoms with E-state index in [1.807, 2.05) is 19.1 Å². The molecule has 1 heterocycles. The number of sulfone groups is 1. The lowest BCUT2D eigenvalue weighted by Crippen LogP contribution is -2.39. The van der Waals surface area contributed by atoms with Gasteiger partial charge in [0, 0.05) is 13.1 Å². The zero-order valence-electron chi connectivity index (χ0n) is 13.4. The van der Waals surface area contributed by atoms with Crippen LogP contribution in [0.3, 0.4) is 0 Å². The van der Waals surface area contributed by atoms with Crippen molar-refractivity contribution in [3.63, 3.8) is 0 Å². The zero-order valence-corrected chi connectivity index (χ0v) is 14.2. The van der Waals surface area contributed by atoms with E-state index in [4.69, 9.17) is 0 Å². The third kappa shape index (κ3) is 4.55. The van der Waals surface area contributed by atoms with Crippen LogP contribution in [-0.2, 0) is 9.84 Å². The van der Waals surface area contributed by atoms with Gasteiger partial charge >= 0.3 is 0 Å². The van der Waals surface area contributed by atoms with Crippen molar-refractivity contribution < 1.29 is 8.42 Å². The molecule has 1 saturated heterocycles. The summed E-state index contributed by atoms with van der Waals surface area (Å²) in [5.74, 6) is 1.61. The second-order valence-corrected chi connectivity index (χ2v) is 8.69. The summed E-state index contributed by atoms with van der Waals surface area (Å²) in [5, 5.41) is 0. The summed E-state index contributed by atoms with van der Waals surface area (Å²) in [7, 11) is -3.16. The van der Waals surface area contributed by atoms with Gasteiger partial charge in [-0.2, -0.15) is 0 Å². The molecule has 1 fully saturated rings. The van der Waals surface area contributed by atoms with E-state index in [0.29, 0.717) is 23.3 Å². The van der Waals surface area contributed by atoms with Gasteiger partial charge in [-0.3, -0.25) is 0 Å². The first-order valence-electron chi connectivity index (χ1n) is 7.90. The van der Waals surface area contributed by atoms with E-state index in [1.165, 1.54) is 12.8 Å². The Morgan fingerprint density at radius 3 is 2.52 bits per heavy atom. The number of benzene rings is 1. The highest BCUT2D eigenvalue weighted by Gasteiger charge is 2.24. The van der Waals surface area contributed by atoms with Crippen LogP contribution in [0.2, 0.25) is 0 Å². The summed E-state index contributed by atoms with van der Waals surface area (Å²) in [6.07, 6.45) is 2.46. The van der Waals surface area contributed by atoms with Crippen LogP contribution in [0.1, 0.15) is 32.3 Å². The fourth-order valence-electron chi connectivity index (χ4n) is 2.95. The van der Waals surface area contributed by atoms with Gasteiger partial charge in [0.2, 0.25) is 0 Å². The SMILES string of the molecule is Cc1ccc(S(=O)(=O)CCN2CCCC(C(C)C)C2)cc1. The van der Waals surface area contributed by atoms with Crippen molar-refractivity contribution in [3.8, 4) is 0 Å². The van der Waals surface area contributed by atoms with E-state index in [2.05, 4.69) is 18.7 Å². The second-order valence-electron chi connectivity index (χ2n) is 6.58. The Morgan fingerprint density at radius 1 is 1.24 bits per heavy atom. The summed E-state index contributed by atoms with van der Waals surface area (Å²) in [5.41, 5.74) is 1.09. The Kier molecular flexibility index (Phi) is 5.44. The molecule has 1 atom stereocenters. The predicted molar refractivity (Wildman–Crippen MR) is 87.2 cm³/mol. The fraction of sp³-hybridized carbons (Fsp3) is 0.647. The van der Waals surface area contributed by atoms with Gasteiger partial charge in [-0.05, 0) is 50.3 Å². The molecular formula is C17H27NO2S. The largest absolute Gasteiger partial charge is 0.302 e. The van der Waals surface area contributed by atoms with Crippen LogP contribution in [-0.4, -0.2) is 38.7 Å². The van der Waals surface area contributed by atoms with Crippen LogP contribution >= 0.6 is 0 Å². The monoisotopic (exact) mass is 309 g/mol. The van der Waals surface area contributed by atoms with Gasteiger partial charge in [-0.25, -0.2) is 8.42 Å². The van der Waals surface area contributed by atoms with Crippen LogP contribution in [0, 0.1) is 18.8 Å². The van der Waals surface area contributed by atoms with Crippen LogP contribution in [0.5, 0.6) is 0 Å². The summed E-state index contributed by atoms with van der Waals surface area (Å²) in [4.78, 5) is 2.77. The third-order valence-electron chi connectivity index (χ3n) is 4.54. The minimum Gasteiger partial charge on any atom is -0.302 e. The lowest BCUT2D eigenvalue weighted by molar-refractivity contribution is 0.152. The number of hydrogen-bond donors (Lipinski definition) is 0. The first kappa shape index (κ1) is 16.5. The molecule has 0 radical (unpaired) electrons. The number of piperidine rings is 1. The molecule has 0 N–H and O–H groups in total. The van der Waals surface area contributed by atoms with E-state index < -0.39 is 9.84 Å². The molecule has 0 bridgehead atoms. The second kappa shape index (κ2) is 6.93. The molecule has 1 aliphatic rings. The molecule has 1 unspecified atom stereocenters. The van der Waals surface area contributed by atoms with Crippen molar-refractivity contribution in [2.24, 2.45) is 11.8 Å². The Balaban J connectivity index is 1.94. The van der Waals surface area contributed by atoms with Gasteiger partial charge in [0.05, 0.1) is 10.6 Å². The van der Waals surface area contributed by atoms with Crippen molar-refractivity contribution in [3.05, 3.63) is 29.8 Å². The summed E-state index contributed by atoms with van der Waals surface area (Å²) >= 11 is 0. The van der Waals surface area contributed by atoms with Crippen molar-refractivity contribution >= 4 is 9.84 Å². The Hall–Kier alpha value is -0.870. The molecule has 3 nitrogen and oxygen atoms in total. The highest BCUT2D eigenvalue weighted by Crippen LogP contribution is 2.23. The Morgan fingerprint density at radius 2 is 1.90 bits per heavy atom. The number of hydrogen-bond acceptors (Lipinski definition) is 3. The van der Waals surface area contributed by atoms with Crippen molar-refractivity contribution in [1.82, 2.24) is 4.90 Å². The van der Waals surface area contributed by atoms with Gasteiger partial charge in [-0.1, -0.05) is 31.5 Å². The van der Waals surface area contributed by atoms with E-state index in [9.17, 15) is 8.42 Å². The fourth-order valence-corrected chi connectivity index (χ4v) is 4.24. The van der Waals surface area contributed by atoms with Crippen LogP contribution in [0.4, 0.5) is 0 Å². The van der Waals surface area contributed by atoms with E-state index in [0.717, 1.165) is 18.7 Å². The minimum atomic E-state index is -3.16. The van der Waals surface area contributed by atoms with Crippen LogP contribution in [0.15, 0.2) is 29.2 Å². The van der Waals surface area contributed by atoms with Gasteiger partial charge in [0.25, 0.3) is 0 Å². The maximum atomic E-state index is 12.4. The van der Waals surface area contributed by atoms with Crippen molar-refractivity contribution in [2.75, 3.05) is 25.4 Å². The van der Waals surface area contributed by atoms with Gasteiger partial charge in [0.1, 0.15) is 0 Å². The van der Waals surface area contributed by atoms with E-state index >= 15 is 0 Å². The summed E-state index contributed by atoms with van der Waals surface area (Å²) in [6, 6.07) is 7.17. The Bertz CT molecular complexity index is 549. The maximum absolute atomic E-state index is 12.4. The lowest BCUT2D eigenvalue weighted by atomic mass is 9.88. The third-order valence-corrected chi connectivity index (χ3v) is 6.25. The summed E-state index contributed by atoms with van der Waals surface area (Å²) < 4.78 is 24.7. The molecule has 0 aromatic heterocycles. The molecule has 4 heteroatoms. The number of nitrogens with zero attached hydrogens (tertiary/aromatic N) is 1. The van der Waals surface area contributed by atoms with Gasteiger partial charge < -0.3 is 4.90 Å². The van der Waals surface area contributed by atoms with Gasteiger partial charge in [-0.15, -0.1) is 0 Å². The molecular weight excluding hydrogens is 282 g/mol. The topological polar surface area (TPSA) is 37.4 Å². The molecule has 118 valence electrons. The molecule has 21 heavy (non-hydrogen) atoms. The van der Waals surface area contributed by atoms with Crippen molar-refractivity contribution in [1.29, 1.82) is 0 Å². The average Bonchev–Trinajstić information content (AvgIpc) is 2.46. The smallest absolute Gasteiger partial charge is 0.179 e. The maximum Gasteiger partial charge on any atom is 0.179 e. The number of likely N-dealkylation sites (tertiary alicyclic amines) is 1. The lowest BCUT2D eigenvalue weighted by Gasteiger charge is -2.34. The number of aryl methyl sites for hydroxylation is 1. The molecule has 0 spiro atoms. The average molecular weight is 309 g/mol. The first-order chi connectivity index (χ1) is 9.88. The highest BCUT2D eigenvalue weighted by atomic mass is 32.2. The minimum absolute atomic E-state index is 0.223. The molecule has 1 aromatic carbocycles. The van der Waals surface area contributed by atoms with E-state index in [-0.39, 0.29) is 5.75 Å². The number of rotatable bonds is 5. The highest BCUT2D eigenvalue weighted by molar-refractivity contribution is 7.91. The normalized spacial score (nSPS) is 20.9. The first-order valence-corrected chi connectivity index (χ1v) is 9.55. The molecule has 1 aromatic rings. The predicted octanol–water partition coefficient (Wildman–Crippen LogP) is 3.14. The Labute approximate surface area is 129 Å². The van der Waals surface area contributed by atoms with Crippen molar-refractivity contribution in [2.45, 2.75) is 38.5 Å². The van der Waals surface area contributed by atoms with Crippen LogP contribution < -0.4 is 0 Å². The molecule has 0 aliphatic carbocycles. The molecule has 1 aliphatic heterocycles. The van der Waals surface area contributed by atoms with E-state index in [1.54, 1.807) is 12.1 Å². The summed E-state index contributed by atoms with van der Waals surface area (Å²) in [6.45, 7) is 9.22. The molecule has 0 amide bonds. The zero-order chi connectivity index (χ0) is 15.5. The molecule has 2 rings (SSSR count). The van der Waals surface area contributed by atoms with Gasteiger partial charge in [0.15, 0.2) is 9.84 Å².